The van der Waals surface area contributed by atoms with E-state index in [1.54, 1.807) is 24.3 Å². The summed E-state index contributed by atoms with van der Waals surface area (Å²) in [5.74, 6) is 0.565. The van der Waals surface area contributed by atoms with Crippen molar-refractivity contribution in [3.63, 3.8) is 0 Å². The van der Waals surface area contributed by atoms with E-state index >= 15 is 0 Å². The fourth-order valence-corrected chi connectivity index (χ4v) is 2.84. The molecule has 0 spiro atoms. The van der Waals surface area contributed by atoms with Crippen LogP contribution in [0.25, 0.3) is 6.08 Å². The Morgan fingerprint density at radius 2 is 1.93 bits per heavy atom. The highest BCUT2D eigenvalue weighted by Crippen LogP contribution is 2.19. The second-order valence-electron chi connectivity index (χ2n) is 6.54. The summed E-state index contributed by atoms with van der Waals surface area (Å²) >= 11 is 0. The molecule has 0 atom stereocenters. The van der Waals surface area contributed by atoms with Gasteiger partial charge in [-0.1, -0.05) is 36.4 Å². The summed E-state index contributed by atoms with van der Waals surface area (Å²) in [7, 11) is 0. The summed E-state index contributed by atoms with van der Waals surface area (Å²) in [4.78, 5) is 12.1. The molecule has 0 bridgehead atoms. The van der Waals surface area contributed by atoms with E-state index in [0.717, 1.165) is 49.2 Å². The molecule has 28 heavy (non-hydrogen) atoms. The van der Waals surface area contributed by atoms with E-state index in [4.69, 9.17) is 4.74 Å². The molecule has 0 amide bonds. The average molecular weight is 376 g/mol. The number of carbonyl (C=O) groups is 1. The molecule has 1 aliphatic heterocycles. The first-order chi connectivity index (χ1) is 13.7. The van der Waals surface area contributed by atoms with Gasteiger partial charge < -0.3 is 9.84 Å². The third-order valence-corrected chi connectivity index (χ3v) is 4.38. The lowest BCUT2D eigenvalue weighted by molar-refractivity contribution is 0.104. The number of hydrogen-bond acceptors (Lipinski definition) is 5. The number of para-hydroxylation sites is 1. The fourth-order valence-electron chi connectivity index (χ4n) is 2.84. The van der Waals surface area contributed by atoms with Crippen molar-refractivity contribution in [2.24, 2.45) is 10.2 Å². The van der Waals surface area contributed by atoms with E-state index in [1.165, 1.54) is 12.1 Å². The number of ether oxygens (including phenoxy) is 1. The minimum Gasteiger partial charge on any atom is -0.507 e. The molecule has 144 valence electrons. The Labute approximate surface area is 165 Å². The van der Waals surface area contributed by atoms with Crippen molar-refractivity contribution >= 4 is 11.9 Å². The lowest BCUT2D eigenvalue weighted by Crippen LogP contribution is -1.98. The third kappa shape index (κ3) is 5.91. The van der Waals surface area contributed by atoms with E-state index in [9.17, 15) is 9.90 Å². The summed E-state index contributed by atoms with van der Waals surface area (Å²) in [6.07, 6.45) is 9.27. The molecular weight excluding hydrogens is 352 g/mol. The summed E-state index contributed by atoms with van der Waals surface area (Å²) in [6, 6.07) is 14.1. The highest BCUT2D eigenvalue weighted by atomic mass is 16.5. The number of aromatic hydroxyl groups is 1. The van der Waals surface area contributed by atoms with Crippen LogP contribution in [0.4, 0.5) is 0 Å². The van der Waals surface area contributed by atoms with Crippen molar-refractivity contribution < 1.29 is 14.6 Å². The highest BCUT2D eigenvalue weighted by molar-refractivity contribution is 6.08. The lowest BCUT2D eigenvalue weighted by Gasteiger charge is -2.07. The largest absolute Gasteiger partial charge is 0.507 e. The first-order valence-electron chi connectivity index (χ1n) is 9.52. The maximum absolute atomic E-state index is 12.1. The van der Waals surface area contributed by atoms with Crippen LogP contribution in [-0.4, -0.2) is 24.0 Å². The molecule has 1 heterocycles. The van der Waals surface area contributed by atoms with Crippen LogP contribution in [0.3, 0.4) is 0 Å². The van der Waals surface area contributed by atoms with Crippen LogP contribution >= 0.6 is 0 Å². The van der Waals surface area contributed by atoms with Crippen LogP contribution in [0.2, 0.25) is 0 Å². The van der Waals surface area contributed by atoms with Crippen LogP contribution < -0.4 is 4.74 Å². The molecule has 0 aliphatic carbocycles. The molecule has 1 N–H and O–H groups in total. The quantitative estimate of drug-likeness (QED) is 0.353. The predicted molar refractivity (Wildman–Crippen MR) is 110 cm³/mol. The number of allylic oxidation sites excluding steroid dienone is 2. The van der Waals surface area contributed by atoms with Crippen molar-refractivity contribution in [1.29, 1.82) is 0 Å². The van der Waals surface area contributed by atoms with E-state index in [1.807, 2.05) is 24.3 Å². The zero-order valence-corrected chi connectivity index (χ0v) is 15.8. The molecule has 1 aliphatic rings. The Bertz CT molecular complexity index is 883. The van der Waals surface area contributed by atoms with Gasteiger partial charge in [0.2, 0.25) is 0 Å². The monoisotopic (exact) mass is 376 g/mol. The van der Waals surface area contributed by atoms with Crippen molar-refractivity contribution in [3.8, 4) is 11.5 Å². The number of hydrogen-bond donors (Lipinski definition) is 1. The second-order valence-corrected chi connectivity index (χ2v) is 6.54. The number of benzene rings is 2. The van der Waals surface area contributed by atoms with Crippen LogP contribution in [-0.2, 0) is 0 Å². The Balaban J connectivity index is 1.42. The van der Waals surface area contributed by atoms with Gasteiger partial charge in [0.05, 0.1) is 24.4 Å². The molecule has 2 aromatic carbocycles. The second kappa shape index (κ2) is 10.2. The molecule has 0 saturated carbocycles. The zero-order valence-electron chi connectivity index (χ0n) is 15.8. The summed E-state index contributed by atoms with van der Waals surface area (Å²) in [5.41, 5.74) is 2.27. The maximum atomic E-state index is 12.1. The summed E-state index contributed by atoms with van der Waals surface area (Å²) in [6.45, 7) is 1.46. The van der Waals surface area contributed by atoms with E-state index in [-0.39, 0.29) is 11.5 Å². The number of rotatable bonds is 9. The molecular formula is C23H24N2O3. The number of ketones is 1. The van der Waals surface area contributed by atoms with Gasteiger partial charge in [0.15, 0.2) is 5.78 Å². The number of phenols is 1. The van der Waals surface area contributed by atoms with Crippen LogP contribution in [0.5, 0.6) is 11.5 Å². The predicted octanol–water partition coefficient (Wildman–Crippen LogP) is 5.58. The fraction of sp³-hybridized carbons (Fsp3) is 0.261. The van der Waals surface area contributed by atoms with E-state index < -0.39 is 0 Å². The number of azo groups is 1. The molecule has 3 rings (SSSR count). The van der Waals surface area contributed by atoms with Gasteiger partial charge in [0, 0.05) is 0 Å². The normalized spacial score (nSPS) is 13.5. The van der Waals surface area contributed by atoms with Gasteiger partial charge in [-0.25, -0.2) is 0 Å². The van der Waals surface area contributed by atoms with Crippen molar-refractivity contribution in [3.05, 3.63) is 77.5 Å². The summed E-state index contributed by atoms with van der Waals surface area (Å²) < 4.78 is 5.76. The number of phenolic OH excluding ortho intramolecular Hbond substituents is 1. The Hall–Kier alpha value is -3.21. The molecule has 0 fully saturated rings. The molecule has 0 unspecified atom stereocenters. The maximum Gasteiger partial charge on any atom is 0.189 e. The highest BCUT2D eigenvalue weighted by Gasteiger charge is 2.06. The standard InChI is InChI=1S/C23H24N2O3/c26-22-9-2-1-8-21(22)23(27)15-12-18-10-13-20(14-11-18)28-17-4-3-6-19-7-5-16-24-25-19/h1-2,7-15,26H,3-6,16-17H2/b15-12+. The van der Waals surface area contributed by atoms with Gasteiger partial charge in [0.25, 0.3) is 0 Å². The smallest absolute Gasteiger partial charge is 0.189 e. The minimum absolute atomic E-state index is 0.0104. The molecule has 0 radical (unpaired) electrons. The molecule has 0 aromatic heterocycles. The van der Waals surface area contributed by atoms with Crippen molar-refractivity contribution in [1.82, 2.24) is 0 Å². The topological polar surface area (TPSA) is 71.2 Å². The van der Waals surface area contributed by atoms with E-state index in [0.29, 0.717) is 12.2 Å². The van der Waals surface area contributed by atoms with Crippen LogP contribution in [0.15, 0.2) is 76.6 Å². The Kier molecular flexibility index (Phi) is 7.13. The Morgan fingerprint density at radius 1 is 1.11 bits per heavy atom. The van der Waals surface area contributed by atoms with E-state index in [2.05, 4.69) is 16.3 Å². The van der Waals surface area contributed by atoms with Crippen molar-refractivity contribution in [2.45, 2.75) is 25.7 Å². The van der Waals surface area contributed by atoms with Gasteiger partial charge in [0.1, 0.15) is 11.5 Å². The molecule has 5 nitrogen and oxygen atoms in total. The lowest BCUT2D eigenvalue weighted by atomic mass is 10.1. The SMILES string of the molecule is O=C(/C=C/c1ccc(OCCCCC2=CCCN=N2)cc1)c1ccccc1O. The minimum atomic E-state index is -0.231. The first-order valence-corrected chi connectivity index (χ1v) is 9.52. The molecule has 2 aromatic rings. The average Bonchev–Trinajstić information content (AvgIpc) is 2.74. The van der Waals surface area contributed by atoms with Crippen LogP contribution in [0, 0.1) is 0 Å². The number of unbranched alkanes of at least 4 members (excludes halogenated alkanes) is 1. The van der Waals surface area contributed by atoms with Gasteiger partial charge >= 0.3 is 0 Å². The zero-order chi connectivity index (χ0) is 19.6. The van der Waals surface area contributed by atoms with Gasteiger partial charge in [-0.2, -0.15) is 10.2 Å². The molecule has 0 saturated heterocycles. The summed E-state index contributed by atoms with van der Waals surface area (Å²) in [5, 5.41) is 17.9. The van der Waals surface area contributed by atoms with Crippen LogP contribution in [0.1, 0.15) is 41.6 Å². The number of nitrogens with zero attached hydrogens (tertiary/aromatic N) is 2. The first kappa shape index (κ1) is 19.5. The third-order valence-electron chi connectivity index (χ3n) is 4.38. The van der Waals surface area contributed by atoms with Gasteiger partial charge in [-0.05, 0) is 61.6 Å². The molecule has 5 heteroatoms. The van der Waals surface area contributed by atoms with Crippen molar-refractivity contribution in [2.75, 3.05) is 13.2 Å². The van der Waals surface area contributed by atoms with Gasteiger partial charge in [-0.15, -0.1) is 0 Å². The van der Waals surface area contributed by atoms with Gasteiger partial charge in [-0.3, -0.25) is 4.79 Å². The number of carbonyl (C=O) groups excluding carboxylic acids is 1. The Morgan fingerprint density at radius 3 is 2.68 bits per heavy atom.